The monoisotopic (exact) mass is 268 g/mol. The SMILES string of the molecule is CC(C)Cc1cccc2ccccc12.c1ccsc1. The van der Waals surface area contributed by atoms with Crippen LogP contribution in [0.2, 0.25) is 0 Å². The van der Waals surface area contributed by atoms with Crippen LogP contribution in [0.25, 0.3) is 10.8 Å². The molecule has 19 heavy (non-hydrogen) atoms. The lowest BCUT2D eigenvalue weighted by Crippen LogP contribution is -1.94. The van der Waals surface area contributed by atoms with Crippen LogP contribution in [0.4, 0.5) is 0 Å². The van der Waals surface area contributed by atoms with Crippen molar-refractivity contribution in [3.63, 3.8) is 0 Å². The van der Waals surface area contributed by atoms with E-state index < -0.39 is 0 Å². The van der Waals surface area contributed by atoms with Crippen LogP contribution in [0.5, 0.6) is 0 Å². The molecule has 0 amide bonds. The van der Waals surface area contributed by atoms with Gasteiger partial charge in [-0.3, -0.25) is 0 Å². The minimum absolute atomic E-state index is 0.723. The molecule has 0 aliphatic carbocycles. The molecule has 0 atom stereocenters. The van der Waals surface area contributed by atoms with E-state index in [2.05, 4.69) is 56.3 Å². The Bertz CT molecular complexity index is 571. The number of rotatable bonds is 2. The number of fused-ring (bicyclic) bond motifs is 1. The van der Waals surface area contributed by atoms with Crippen LogP contribution >= 0.6 is 11.3 Å². The Morgan fingerprint density at radius 2 is 1.53 bits per heavy atom. The largest absolute Gasteiger partial charge is 0.152 e. The predicted octanol–water partition coefficient (Wildman–Crippen LogP) is 5.79. The third kappa shape index (κ3) is 4.22. The van der Waals surface area contributed by atoms with Gasteiger partial charge in [-0.05, 0) is 39.4 Å². The van der Waals surface area contributed by atoms with Gasteiger partial charge in [-0.1, -0.05) is 68.4 Å². The molecular weight excluding hydrogens is 248 g/mol. The molecule has 0 spiro atoms. The average Bonchev–Trinajstić information content (AvgIpc) is 2.98. The van der Waals surface area contributed by atoms with Gasteiger partial charge in [-0.15, -0.1) is 0 Å². The Labute approximate surface area is 119 Å². The summed E-state index contributed by atoms with van der Waals surface area (Å²) in [6, 6.07) is 19.2. The molecule has 0 saturated heterocycles. The number of hydrogen-bond donors (Lipinski definition) is 0. The quantitative estimate of drug-likeness (QED) is 0.552. The number of thiophene rings is 1. The summed E-state index contributed by atoms with van der Waals surface area (Å²) in [5, 5.41) is 6.84. The fraction of sp³-hybridized carbons (Fsp3) is 0.222. The molecule has 0 nitrogen and oxygen atoms in total. The van der Waals surface area contributed by atoms with E-state index in [1.807, 2.05) is 22.9 Å². The summed E-state index contributed by atoms with van der Waals surface area (Å²) in [4.78, 5) is 0. The molecule has 3 aromatic rings. The van der Waals surface area contributed by atoms with Crippen LogP contribution in [0.1, 0.15) is 19.4 Å². The highest BCUT2D eigenvalue weighted by atomic mass is 32.1. The van der Waals surface area contributed by atoms with E-state index in [1.54, 1.807) is 11.3 Å². The van der Waals surface area contributed by atoms with Crippen LogP contribution in [-0.2, 0) is 6.42 Å². The van der Waals surface area contributed by atoms with Gasteiger partial charge in [0.2, 0.25) is 0 Å². The summed E-state index contributed by atoms with van der Waals surface area (Å²) in [6.45, 7) is 4.53. The predicted molar refractivity (Wildman–Crippen MR) is 86.8 cm³/mol. The average molecular weight is 268 g/mol. The topological polar surface area (TPSA) is 0 Å². The molecule has 0 saturated carbocycles. The first-order valence-electron chi connectivity index (χ1n) is 6.71. The summed E-state index contributed by atoms with van der Waals surface area (Å²) in [5.41, 5.74) is 1.47. The lowest BCUT2D eigenvalue weighted by atomic mass is 9.97. The first-order valence-corrected chi connectivity index (χ1v) is 7.65. The van der Waals surface area contributed by atoms with Crippen LogP contribution in [0.15, 0.2) is 65.4 Å². The van der Waals surface area contributed by atoms with Gasteiger partial charge in [0, 0.05) is 0 Å². The van der Waals surface area contributed by atoms with Gasteiger partial charge in [-0.2, -0.15) is 11.3 Å². The lowest BCUT2D eigenvalue weighted by molar-refractivity contribution is 0.650. The molecule has 0 N–H and O–H groups in total. The third-order valence-electron chi connectivity index (χ3n) is 2.93. The summed E-state index contributed by atoms with van der Waals surface area (Å²) in [6.07, 6.45) is 1.17. The van der Waals surface area contributed by atoms with Gasteiger partial charge in [0.1, 0.15) is 0 Å². The van der Waals surface area contributed by atoms with Crippen molar-refractivity contribution >= 4 is 22.1 Å². The van der Waals surface area contributed by atoms with Crippen LogP contribution < -0.4 is 0 Å². The highest BCUT2D eigenvalue weighted by Gasteiger charge is 2.01. The van der Waals surface area contributed by atoms with E-state index in [4.69, 9.17) is 0 Å². The maximum Gasteiger partial charge on any atom is -0.00934 e. The molecule has 1 heterocycles. The van der Waals surface area contributed by atoms with Crippen molar-refractivity contribution in [3.05, 3.63) is 70.9 Å². The molecule has 0 fully saturated rings. The minimum atomic E-state index is 0.723. The zero-order chi connectivity index (χ0) is 13.5. The molecule has 3 rings (SSSR count). The van der Waals surface area contributed by atoms with Crippen molar-refractivity contribution < 1.29 is 0 Å². The van der Waals surface area contributed by atoms with Crippen molar-refractivity contribution in [1.82, 2.24) is 0 Å². The highest BCUT2D eigenvalue weighted by Crippen LogP contribution is 2.20. The lowest BCUT2D eigenvalue weighted by Gasteiger charge is -2.08. The standard InChI is InChI=1S/C14H16.C4H4S/c1-11(2)10-13-8-5-7-12-6-3-4-9-14(12)13;1-2-4-5-3-1/h3-9,11H,10H2,1-2H3;1-4H. The molecule has 0 aliphatic heterocycles. The van der Waals surface area contributed by atoms with Crippen LogP contribution in [-0.4, -0.2) is 0 Å². The molecule has 1 aromatic heterocycles. The van der Waals surface area contributed by atoms with Crippen molar-refractivity contribution in [3.8, 4) is 0 Å². The van der Waals surface area contributed by atoms with Gasteiger partial charge < -0.3 is 0 Å². The Morgan fingerprint density at radius 1 is 0.842 bits per heavy atom. The second-order valence-corrected chi connectivity index (χ2v) is 5.85. The fourth-order valence-corrected chi connectivity index (χ4v) is 2.59. The van der Waals surface area contributed by atoms with E-state index in [0.717, 1.165) is 5.92 Å². The zero-order valence-corrected chi connectivity index (χ0v) is 12.4. The van der Waals surface area contributed by atoms with Crippen molar-refractivity contribution in [2.45, 2.75) is 20.3 Å². The van der Waals surface area contributed by atoms with Crippen LogP contribution in [0, 0.1) is 5.92 Å². The van der Waals surface area contributed by atoms with Gasteiger partial charge in [-0.25, -0.2) is 0 Å². The van der Waals surface area contributed by atoms with Gasteiger partial charge in [0.05, 0.1) is 0 Å². The van der Waals surface area contributed by atoms with Crippen molar-refractivity contribution in [2.75, 3.05) is 0 Å². The second-order valence-electron chi connectivity index (χ2n) is 5.03. The molecule has 0 radical (unpaired) electrons. The van der Waals surface area contributed by atoms with Crippen molar-refractivity contribution in [1.29, 1.82) is 0 Å². The van der Waals surface area contributed by atoms with E-state index in [0.29, 0.717) is 0 Å². The normalized spacial score (nSPS) is 10.3. The molecule has 98 valence electrons. The van der Waals surface area contributed by atoms with Gasteiger partial charge in [0.15, 0.2) is 0 Å². The number of hydrogen-bond acceptors (Lipinski definition) is 1. The summed E-state index contributed by atoms with van der Waals surface area (Å²) in [5.74, 6) is 0.723. The molecule has 0 bridgehead atoms. The second kappa shape index (κ2) is 7.10. The smallest absolute Gasteiger partial charge is 0.00934 e. The first-order chi connectivity index (χ1) is 9.27. The maximum absolute atomic E-state index is 2.27. The van der Waals surface area contributed by atoms with E-state index in [-0.39, 0.29) is 0 Å². The van der Waals surface area contributed by atoms with Crippen LogP contribution in [0.3, 0.4) is 0 Å². The first kappa shape index (κ1) is 13.8. The maximum atomic E-state index is 2.27. The Balaban J connectivity index is 0.000000224. The van der Waals surface area contributed by atoms with Gasteiger partial charge >= 0.3 is 0 Å². The van der Waals surface area contributed by atoms with Gasteiger partial charge in [0.25, 0.3) is 0 Å². The van der Waals surface area contributed by atoms with Crippen molar-refractivity contribution in [2.24, 2.45) is 5.92 Å². The molecule has 0 unspecified atom stereocenters. The highest BCUT2D eigenvalue weighted by molar-refractivity contribution is 7.07. The summed E-state index contributed by atoms with van der Waals surface area (Å²) >= 11 is 1.71. The Kier molecular flexibility index (Phi) is 5.17. The molecule has 0 aliphatic rings. The molecule has 1 heteroatoms. The van der Waals surface area contributed by atoms with E-state index >= 15 is 0 Å². The Hall–Kier alpha value is -1.60. The number of benzene rings is 2. The third-order valence-corrected chi connectivity index (χ3v) is 3.56. The molecular formula is C18H20S. The minimum Gasteiger partial charge on any atom is -0.152 e. The van der Waals surface area contributed by atoms with E-state index in [1.165, 1.54) is 22.8 Å². The van der Waals surface area contributed by atoms with E-state index in [9.17, 15) is 0 Å². The summed E-state index contributed by atoms with van der Waals surface area (Å²) in [7, 11) is 0. The fourth-order valence-electron chi connectivity index (χ4n) is 2.14. The zero-order valence-electron chi connectivity index (χ0n) is 11.5. The summed E-state index contributed by atoms with van der Waals surface area (Å²) < 4.78 is 0. The Morgan fingerprint density at radius 3 is 2.16 bits per heavy atom. The molecule has 2 aromatic carbocycles.